The van der Waals surface area contributed by atoms with Crippen LogP contribution in [0, 0.1) is 6.92 Å². The molecule has 0 aliphatic carbocycles. The first-order valence-corrected chi connectivity index (χ1v) is 3.45. The molecule has 2 heteroatoms. The van der Waals surface area contributed by atoms with Gasteiger partial charge in [-0.3, -0.25) is 0 Å². The predicted octanol–water partition coefficient (Wildman–Crippen LogP) is 2.45. The molecule has 56 valence electrons. The Hall–Kier alpha value is -1.44. The first-order chi connectivity index (χ1) is 5.29. The highest BCUT2D eigenvalue weighted by atomic mass is 16.4. The lowest BCUT2D eigenvalue weighted by Crippen LogP contribution is -1.71. The Bertz CT molecular complexity index is 387. The summed E-state index contributed by atoms with van der Waals surface area (Å²) in [5, 5.41) is 10.1. The van der Waals surface area contributed by atoms with Crippen LogP contribution >= 0.6 is 0 Å². The van der Waals surface area contributed by atoms with E-state index in [1.807, 2.05) is 25.1 Å². The average Bonchev–Trinajstić information content (AvgIpc) is 2.34. The molecule has 1 aromatic heterocycles. The summed E-state index contributed by atoms with van der Waals surface area (Å²) in [4.78, 5) is 0. The van der Waals surface area contributed by atoms with Crippen molar-refractivity contribution in [2.45, 2.75) is 6.92 Å². The Morgan fingerprint density at radius 1 is 1.36 bits per heavy atom. The van der Waals surface area contributed by atoms with Crippen molar-refractivity contribution in [2.24, 2.45) is 0 Å². The number of fused-ring (bicyclic) bond motifs is 1. The van der Waals surface area contributed by atoms with E-state index in [-0.39, 0.29) is 5.75 Å². The minimum absolute atomic E-state index is 0.220. The standard InChI is InChI=1S/C9H8O2/c1-6-3-2-4-8-9(6)7(10)5-11-8/h2-5,10H,1H3. The molecule has 1 N–H and O–H groups in total. The number of hydrogen-bond donors (Lipinski definition) is 1. The molecule has 0 amide bonds. The molecular weight excluding hydrogens is 140 g/mol. The lowest BCUT2D eigenvalue weighted by atomic mass is 10.1. The lowest BCUT2D eigenvalue weighted by molar-refractivity contribution is 0.464. The number of rotatable bonds is 0. The monoisotopic (exact) mass is 148 g/mol. The van der Waals surface area contributed by atoms with Gasteiger partial charge in [0.05, 0.1) is 5.39 Å². The summed E-state index contributed by atoms with van der Waals surface area (Å²) in [7, 11) is 0. The first-order valence-electron chi connectivity index (χ1n) is 3.45. The lowest BCUT2D eigenvalue weighted by Gasteiger charge is -1.92. The molecule has 0 unspecified atom stereocenters. The third kappa shape index (κ3) is 0.792. The summed E-state index contributed by atoms with van der Waals surface area (Å²) in [5.74, 6) is 0.220. The van der Waals surface area contributed by atoms with Gasteiger partial charge in [0.15, 0.2) is 5.75 Å². The van der Waals surface area contributed by atoms with Crippen molar-refractivity contribution in [3.05, 3.63) is 30.0 Å². The van der Waals surface area contributed by atoms with E-state index in [1.54, 1.807) is 0 Å². The predicted molar refractivity (Wildman–Crippen MR) is 42.6 cm³/mol. The Labute approximate surface area is 64.1 Å². The molecule has 0 bridgehead atoms. The quantitative estimate of drug-likeness (QED) is 0.622. The largest absolute Gasteiger partial charge is 0.504 e. The first kappa shape index (κ1) is 6.28. The molecule has 0 atom stereocenters. The zero-order valence-corrected chi connectivity index (χ0v) is 6.16. The van der Waals surface area contributed by atoms with Crippen LogP contribution in [-0.2, 0) is 0 Å². The van der Waals surface area contributed by atoms with Crippen LogP contribution in [-0.4, -0.2) is 5.11 Å². The van der Waals surface area contributed by atoms with Crippen LogP contribution in [0.25, 0.3) is 11.0 Å². The Morgan fingerprint density at radius 3 is 2.91 bits per heavy atom. The summed E-state index contributed by atoms with van der Waals surface area (Å²) in [6.07, 6.45) is 1.36. The zero-order chi connectivity index (χ0) is 7.84. The molecule has 11 heavy (non-hydrogen) atoms. The Kier molecular flexibility index (Phi) is 1.15. The van der Waals surface area contributed by atoms with Crippen LogP contribution in [0.5, 0.6) is 5.75 Å². The van der Waals surface area contributed by atoms with Crippen LogP contribution in [0.3, 0.4) is 0 Å². The van der Waals surface area contributed by atoms with Crippen LogP contribution < -0.4 is 0 Å². The minimum Gasteiger partial charge on any atom is -0.504 e. The van der Waals surface area contributed by atoms with Gasteiger partial charge in [0.1, 0.15) is 11.8 Å². The second-order valence-electron chi connectivity index (χ2n) is 2.57. The maximum atomic E-state index is 9.30. The van der Waals surface area contributed by atoms with Crippen molar-refractivity contribution in [2.75, 3.05) is 0 Å². The van der Waals surface area contributed by atoms with Gasteiger partial charge in [-0.1, -0.05) is 12.1 Å². The van der Waals surface area contributed by atoms with Gasteiger partial charge < -0.3 is 9.52 Å². The molecule has 0 radical (unpaired) electrons. The third-order valence-electron chi connectivity index (χ3n) is 1.79. The second kappa shape index (κ2) is 2.02. The van der Waals surface area contributed by atoms with Gasteiger partial charge in [0.25, 0.3) is 0 Å². The molecule has 2 rings (SSSR count). The molecule has 1 aromatic carbocycles. The van der Waals surface area contributed by atoms with Crippen molar-refractivity contribution < 1.29 is 9.52 Å². The highest BCUT2D eigenvalue weighted by molar-refractivity contribution is 5.86. The smallest absolute Gasteiger partial charge is 0.162 e. The van der Waals surface area contributed by atoms with Crippen LogP contribution in [0.15, 0.2) is 28.9 Å². The van der Waals surface area contributed by atoms with Gasteiger partial charge in [-0.25, -0.2) is 0 Å². The molecule has 0 saturated heterocycles. The molecule has 1 heterocycles. The highest BCUT2D eigenvalue weighted by Crippen LogP contribution is 2.28. The fraction of sp³-hybridized carbons (Fsp3) is 0.111. The van der Waals surface area contributed by atoms with E-state index in [4.69, 9.17) is 4.42 Å². The van der Waals surface area contributed by atoms with E-state index in [0.717, 1.165) is 16.5 Å². The van der Waals surface area contributed by atoms with E-state index < -0.39 is 0 Å². The van der Waals surface area contributed by atoms with Crippen molar-refractivity contribution >= 4 is 11.0 Å². The number of aryl methyl sites for hydroxylation is 1. The third-order valence-corrected chi connectivity index (χ3v) is 1.79. The van der Waals surface area contributed by atoms with Gasteiger partial charge in [0.2, 0.25) is 0 Å². The van der Waals surface area contributed by atoms with Gasteiger partial charge in [-0.15, -0.1) is 0 Å². The van der Waals surface area contributed by atoms with Crippen molar-refractivity contribution in [1.29, 1.82) is 0 Å². The summed E-state index contributed by atoms with van der Waals surface area (Å²) in [5.41, 5.74) is 1.77. The van der Waals surface area contributed by atoms with E-state index in [9.17, 15) is 5.11 Å². The second-order valence-corrected chi connectivity index (χ2v) is 2.57. The molecule has 0 spiro atoms. The van der Waals surface area contributed by atoms with E-state index in [0.29, 0.717) is 0 Å². The fourth-order valence-corrected chi connectivity index (χ4v) is 1.25. The summed E-state index contributed by atoms with van der Waals surface area (Å²) >= 11 is 0. The summed E-state index contributed by atoms with van der Waals surface area (Å²) in [6, 6.07) is 5.68. The molecule has 0 saturated carbocycles. The van der Waals surface area contributed by atoms with Crippen molar-refractivity contribution in [3.63, 3.8) is 0 Å². The zero-order valence-electron chi connectivity index (χ0n) is 6.16. The number of aromatic hydroxyl groups is 1. The number of hydrogen-bond acceptors (Lipinski definition) is 2. The number of furan rings is 1. The van der Waals surface area contributed by atoms with E-state index >= 15 is 0 Å². The average molecular weight is 148 g/mol. The minimum atomic E-state index is 0.220. The fourth-order valence-electron chi connectivity index (χ4n) is 1.25. The van der Waals surface area contributed by atoms with Gasteiger partial charge in [0, 0.05) is 0 Å². The SMILES string of the molecule is Cc1cccc2occ(O)c12. The Morgan fingerprint density at radius 2 is 2.18 bits per heavy atom. The summed E-state index contributed by atoms with van der Waals surface area (Å²) in [6.45, 7) is 1.94. The van der Waals surface area contributed by atoms with Gasteiger partial charge in [-0.2, -0.15) is 0 Å². The maximum Gasteiger partial charge on any atom is 0.162 e. The molecule has 0 aliphatic rings. The molecule has 0 aliphatic heterocycles. The van der Waals surface area contributed by atoms with E-state index in [1.165, 1.54) is 6.26 Å². The van der Waals surface area contributed by atoms with Crippen LogP contribution in [0.2, 0.25) is 0 Å². The molecule has 0 fully saturated rings. The topological polar surface area (TPSA) is 33.4 Å². The van der Waals surface area contributed by atoms with Gasteiger partial charge in [-0.05, 0) is 18.6 Å². The molecule has 2 nitrogen and oxygen atoms in total. The normalized spacial score (nSPS) is 10.6. The number of benzene rings is 1. The summed E-state index contributed by atoms with van der Waals surface area (Å²) < 4.78 is 5.08. The maximum absolute atomic E-state index is 9.30. The van der Waals surface area contributed by atoms with Crippen molar-refractivity contribution in [3.8, 4) is 5.75 Å². The molecule has 2 aromatic rings. The Balaban J connectivity index is 2.96. The van der Waals surface area contributed by atoms with Crippen LogP contribution in [0.1, 0.15) is 5.56 Å². The van der Waals surface area contributed by atoms with Crippen LogP contribution in [0.4, 0.5) is 0 Å². The van der Waals surface area contributed by atoms with Crippen molar-refractivity contribution in [1.82, 2.24) is 0 Å². The molecular formula is C9H8O2. The van der Waals surface area contributed by atoms with Gasteiger partial charge >= 0.3 is 0 Å². The van der Waals surface area contributed by atoms with E-state index in [2.05, 4.69) is 0 Å². The highest BCUT2D eigenvalue weighted by Gasteiger charge is 2.04.